The SMILES string of the molecule is CCc1nn(CC)c(CC(C)(O)C(C)OC)c1Cl. The van der Waals surface area contributed by atoms with Crippen LogP contribution >= 0.6 is 11.6 Å². The zero-order valence-electron chi connectivity index (χ0n) is 11.8. The molecule has 0 saturated carbocycles. The molecule has 5 heteroatoms. The number of hydrogen-bond acceptors (Lipinski definition) is 3. The van der Waals surface area contributed by atoms with Gasteiger partial charge in [0.05, 0.1) is 28.1 Å². The van der Waals surface area contributed by atoms with Crippen molar-refractivity contribution in [3.63, 3.8) is 0 Å². The van der Waals surface area contributed by atoms with Gasteiger partial charge < -0.3 is 9.84 Å². The molecule has 0 fully saturated rings. The van der Waals surface area contributed by atoms with Crippen LogP contribution in [0.1, 0.15) is 39.1 Å². The number of nitrogens with zero attached hydrogens (tertiary/aromatic N) is 2. The topological polar surface area (TPSA) is 47.3 Å². The second-order valence-corrected chi connectivity index (χ2v) is 5.17. The molecule has 0 bridgehead atoms. The number of aliphatic hydroxyl groups is 1. The number of aryl methyl sites for hydroxylation is 2. The maximum atomic E-state index is 10.4. The summed E-state index contributed by atoms with van der Waals surface area (Å²) in [5.74, 6) is 0. The van der Waals surface area contributed by atoms with Crippen molar-refractivity contribution in [3.8, 4) is 0 Å². The molecule has 2 atom stereocenters. The van der Waals surface area contributed by atoms with E-state index in [4.69, 9.17) is 16.3 Å². The monoisotopic (exact) mass is 274 g/mol. The van der Waals surface area contributed by atoms with E-state index in [1.165, 1.54) is 0 Å². The molecule has 1 aromatic rings. The number of methoxy groups -OCH3 is 1. The van der Waals surface area contributed by atoms with Crippen LogP contribution < -0.4 is 0 Å². The van der Waals surface area contributed by atoms with Gasteiger partial charge in [0.25, 0.3) is 0 Å². The lowest BCUT2D eigenvalue weighted by atomic mass is 9.94. The van der Waals surface area contributed by atoms with E-state index >= 15 is 0 Å². The van der Waals surface area contributed by atoms with E-state index in [2.05, 4.69) is 5.10 Å². The highest BCUT2D eigenvalue weighted by Gasteiger charge is 2.31. The van der Waals surface area contributed by atoms with E-state index in [-0.39, 0.29) is 6.10 Å². The standard InChI is InChI=1S/C13H23ClN2O2/c1-6-10-12(14)11(16(7-2)15-10)8-13(4,17)9(3)18-5/h9,17H,6-8H2,1-5H3. The Morgan fingerprint density at radius 1 is 1.50 bits per heavy atom. The van der Waals surface area contributed by atoms with Crippen LogP contribution in [-0.4, -0.2) is 33.7 Å². The van der Waals surface area contributed by atoms with Crippen LogP contribution in [-0.2, 0) is 24.1 Å². The summed E-state index contributed by atoms with van der Waals surface area (Å²) in [6.45, 7) is 8.39. The van der Waals surface area contributed by atoms with Gasteiger partial charge in [0.1, 0.15) is 0 Å². The molecule has 18 heavy (non-hydrogen) atoms. The van der Waals surface area contributed by atoms with Gasteiger partial charge in [-0.15, -0.1) is 0 Å². The van der Waals surface area contributed by atoms with Crippen molar-refractivity contribution in [1.29, 1.82) is 0 Å². The molecule has 0 spiro atoms. The lowest BCUT2D eigenvalue weighted by Gasteiger charge is -2.29. The molecule has 0 radical (unpaired) electrons. The minimum absolute atomic E-state index is 0.265. The zero-order valence-corrected chi connectivity index (χ0v) is 12.6. The molecule has 0 aliphatic heterocycles. The van der Waals surface area contributed by atoms with Gasteiger partial charge in [-0.05, 0) is 27.2 Å². The minimum atomic E-state index is -0.962. The Hall–Kier alpha value is -0.580. The van der Waals surface area contributed by atoms with Crippen molar-refractivity contribution >= 4 is 11.6 Å². The summed E-state index contributed by atoms with van der Waals surface area (Å²) in [6.07, 6.45) is 0.960. The minimum Gasteiger partial charge on any atom is -0.387 e. The summed E-state index contributed by atoms with van der Waals surface area (Å²) in [7, 11) is 1.59. The van der Waals surface area contributed by atoms with E-state index in [0.717, 1.165) is 24.4 Å². The van der Waals surface area contributed by atoms with E-state index < -0.39 is 5.60 Å². The van der Waals surface area contributed by atoms with Crippen LogP contribution in [0.3, 0.4) is 0 Å². The van der Waals surface area contributed by atoms with Crippen LogP contribution in [0.2, 0.25) is 5.02 Å². The average Bonchev–Trinajstić information content (AvgIpc) is 2.64. The summed E-state index contributed by atoms with van der Waals surface area (Å²) in [5, 5.41) is 15.6. The Morgan fingerprint density at radius 2 is 2.11 bits per heavy atom. The fourth-order valence-corrected chi connectivity index (χ4v) is 2.26. The predicted octanol–water partition coefficient (Wildman–Crippen LogP) is 2.45. The Labute approximate surface area is 114 Å². The predicted molar refractivity (Wildman–Crippen MR) is 73.1 cm³/mol. The Morgan fingerprint density at radius 3 is 2.56 bits per heavy atom. The lowest BCUT2D eigenvalue weighted by Crippen LogP contribution is -2.41. The van der Waals surface area contributed by atoms with E-state index in [1.54, 1.807) is 14.0 Å². The molecule has 0 aliphatic carbocycles. The van der Waals surface area contributed by atoms with Crippen molar-refractivity contribution in [2.75, 3.05) is 7.11 Å². The van der Waals surface area contributed by atoms with Crippen LogP contribution in [0.15, 0.2) is 0 Å². The number of aromatic nitrogens is 2. The van der Waals surface area contributed by atoms with Gasteiger partial charge in [-0.25, -0.2) is 0 Å². The molecule has 1 aromatic heterocycles. The first-order chi connectivity index (χ1) is 8.37. The first kappa shape index (κ1) is 15.5. The molecule has 2 unspecified atom stereocenters. The van der Waals surface area contributed by atoms with E-state index in [0.29, 0.717) is 11.4 Å². The third-order valence-electron chi connectivity index (χ3n) is 3.45. The average molecular weight is 275 g/mol. The zero-order chi connectivity index (χ0) is 13.9. The highest BCUT2D eigenvalue weighted by Crippen LogP contribution is 2.27. The maximum absolute atomic E-state index is 10.4. The molecule has 0 saturated heterocycles. The van der Waals surface area contributed by atoms with E-state index in [1.807, 2.05) is 25.5 Å². The highest BCUT2D eigenvalue weighted by molar-refractivity contribution is 6.31. The van der Waals surface area contributed by atoms with Gasteiger partial charge in [-0.3, -0.25) is 4.68 Å². The quantitative estimate of drug-likeness (QED) is 0.867. The summed E-state index contributed by atoms with van der Waals surface area (Å²) < 4.78 is 7.07. The molecule has 4 nitrogen and oxygen atoms in total. The normalized spacial score (nSPS) is 16.6. The first-order valence-electron chi connectivity index (χ1n) is 6.36. The van der Waals surface area contributed by atoms with Gasteiger partial charge >= 0.3 is 0 Å². The van der Waals surface area contributed by atoms with Crippen molar-refractivity contribution < 1.29 is 9.84 Å². The Bertz CT molecular complexity index is 402. The molecule has 0 amide bonds. The lowest BCUT2D eigenvalue weighted by molar-refractivity contribution is -0.0725. The highest BCUT2D eigenvalue weighted by atomic mass is 35.5. The van der Waals surface area contributed by atoms with Crippen molar-refractivity contribution in [2.45, 2.75) is 58.8 Å². The number of ether oxygens (including phenoxy) is 1. The molecule has 1 N–H and O–H groups in total. The second kappa shape index (κ2) is 6.04. The second-order valence-electron chi connectivity index (χ2n) is 4.79. The first-order valence-corrected chi connectivity index (χ1v) is 6.74. The van der Waals surface area contributed by atoms with Gasteiger partial charge in [0.2, 0.25) is 0 Å². The summed E-state index contributed by atoms with van der Waals surface area (Å²) in [5.41, 5.74) is 0.801. The molecule has 1 rings (SSSR count). The van der Waals surface area contributed by atoms with Gasteiger partial charge in [0, 0.05) is 20.1 Å². The van der Waals surface area contributed by atoms with E-state index in [9.17, 15) is 5.11 Å². The third kappa shape index (κ3) is 3.05. The van der Waals surface area contributed by atoms with Gasteiger partial charge in [-0.1, -0.05) is 18.5 Å². The molecule has 0 aromatic carbocycles. The summed E-state index contributed by atoms with van der Waals surface area (Å²) in [4.78, 5) is 0. The smallest absolute Gasteiger partial charge is 0.0932 e. The van der Waals surface area contributed by atoms with Crippen LogP contribution in [0, 0.1) is 0 Å². The van der Waals surface area contributed by atoms with Gasteiger partial charge in [-0.2, -0.15) is 5.10 Å². The molecule has 1 heterocycles. The molecule has 0 aliphatic rings. The largest absolute Gasteiger partial charge is 0.387 e. The summed E-state index contributed by atoms with van der Waals surface area (Å²) >= 11 is 6.33. The number of halogens is 1. The Balaban J connectivity index is 3.06. The Kier molecular flexibility index (Phi) is 5.20. The van der Waals surface area contributed by atoms with Gasteiger partial charge in [0.15, 0.2) is 0 Å². The number of rotatable bonds is 6. The maximum Gasteiger partial charge on any atom is 0.0932 e. The van der Waals surface area contributed by atoms with Crippen LogP contribution in [0.4, 0.5) is 0 Å². The van der Waals surface area contributed by atoms with Crippen LogP contribution in [0.5, 0.6) is 0 Å². The fourth-order valence-electron chi connectivity index (χ4n) is 1.92. The molecular weight excluding hydrogens is 252 g/mol. The molecule has 104 valence electrons. The van der Waals surface area contributed by atoms with Crippen molar-refractivity contribution in [1.82, 2.24) is 9.78 Å². The van der Waals surface area contributed by atoms with Crippen LogP contribution in [0.25, 0.3) is 0 Å². The molecular formula is C13H23ClN2O2. The van der Waals surface area contributed by atoms with Crippen molar-refractivity contribution in [2.24, 2.45) is 0 Å². The third-order valence-corrected chi connectivity index (χ3v) is 3.89. The summed E-state index contributed by atoms with van der Waals surface area (Å²) in [6, 6.07) is 0. The van der Waals surface area contributed by atoms with Crippen molar-refractivity contribution in [3.05, 3.63) is 16.4 Å². The number of hydrogen-bond donors (Lipinski definition) is 1. The fraction of sp³-hybridized carbons (Fsp3) is 0.769.